The zero-order valence-electron chi connectivity index (χ0n) is 17.1. The third-order valence-corrected chi connectivity index (χ3v) is 6.19. The van der Waals surface area contributed by atoms with Gasteiger partial charge in [-0.2, -0.15) is 4.98 Å². The van der Waals surface area contributed by atoms with Gasteiger partial charge in [0.05, 0.1) is 5.41 Å². The van der Waals surface area contributed by atoms with Gasteiger partial charge in [0.15, 0.2) is 12.4 Å². The number of benzene rings is 2. The number of hydrogen-bond donors (Lipinski definition) is 0. The molecule has 3 aromatic rings. The Balaban J connectivity index is 1.20. The van der Waals surface area contributed by atoms with Crippen LogP contribution in [-0.2, 0) is 16.8 Å². The Hall–Kier alpha value is -3.15. The molecular formula is C24H25N3O3. The van der Waals surface area contributed by atoms with Crippen molar-refractivity contribution in [2.24, 2.45) is 0 Å². The van der Waals surface area contributed by atoms with Gasteiger partial charge in [0.1, 0.15) is 5.75 Å². The Labute approximate surface area is 175 Å². The summed E-state index contributed by atoms with van der Waals surface area (Å²) in [5.41, 5.74) is 2.00. The van der Waals surface area contributed by atoms with E-state index in [4.69, 9.17) is 9.26 Å². The Bertz CT molecular complexity index is 1030. The second-order valence-corrected chi connectivity index (χ2v) is 8.33. The number of aromatic nitrogens is 2. The lowest BCUT2D eigenvalue weighted by Crippen LogP contribution is -2.37. The second kappa shape index (κ2) is 7.59. The van der Waals surface area contributed by atoms with Crippen LogP contribution in [0.5, 0.6) is 5.75 Å². The molecule has 6 nitrogen and oxygen atoms in total. The summed E-state index contributed by atoms with van der Waals surface area (Å²) in [4.78, 5) is 19.7. The van der Waals surface area contributed by atoms with Gasteiger partial charge < -0.3 is 14.2 Å². The number of carbonyl (C=O) groups is 1. The van der Waals surface area contributed by atoms with Crippen molar-refractivity contribution in [3.63, 3.8) is 0 Å². The standard InChI is InChI=1S/C24H25N3O3/c1-17-7-9-20(10-8-17)29-16-21-25-22(26-30-21)18-11-14-27(15-18)23(28)24(12-13-24)19-5-3-2-4-6-19/h2-10,18H,11-16H2,1H3. The van der Waals surface area contributed by atoms with E-state index in [1.165, 1.54) is 5.56 Å². The molecule has 2 heterocycles. The maximum Gasteiger partial charge on any atom is 0.264 e. The maximum absolute atomic E-state index is 13.2. The van der Waals surface area contributed by atoms with Gasteiger partial charge in [-0.15, -0.1) is 0 Å². The molecule has 0 N–H and O–H groups in total. The molecule has 154 valence electrons. The summed E-state index contributed by atoms with van der Waals surface area (Å²) < 4.78 is 11.1. The molecule has 2 aromatic carbocycles. The molecule has 0 radical (unpaired) electrons. The van der Waals surface area contributed by atoms with Crippen molar-refractivity contribution >= 4 is 5.91 Å². The van der Waals surface area contributed by atoms with Crippen LogP contribution in [0.1, 0.15) is 48.0 Å². The zero-order chi connectivity index (χ0) is 20.6. The molecule has 1 atom stereocenters. The maximum atomic E-state index is 13.2. The third-order valence-electron chi connectivity index (χ3n) is 6.19. The molecule has 2 aliphatic rings. The first kappa shape index (κ1) is 18.9. The van der Waals surface area contributed by atoms with Crippen LogP contribution in [0.15, 0.2) is 59.1 Å². The number of aryl methyl sites for hydroxylation is 1. The van der Waals surface area contributed by atoms with Crippen molar-refractivity contribution in [3.05, 3.63) is 77.4 Å². The van der Waals surface area contributed by atoms with Crippen LogP contribution in [-0.4, -0.2) is 34.0 Å². The van der Waals surface area contributed by atoms with Crippen LogP contribution in [0, 0.1) is 6.92 Å². The monoisotopic (exact) mass is 403 g/mol. The van der Waals surface area contributed by atoms with Crippen molar-refractivity contribution in [2.75, 3.05) is 13.1 Å². The number of hydrogen-bond acceptors (Lipinski definition) is 5. The van der Waals surface area contributed by atoms with E-state index in [1.54, 1.807) is 0 Å². The number of carbonyl (C=O) groups excluding carboxylic acids is 1. The van der Waals surface area contributed by atoms with Crippen LogP contribution in [0.2, 0.25) is 0 Å². The van der Waals surface area contributed by atoms with E-state index in [0.717, 1.165) is 37.1 Å². The molecule has 1 unspecified atom stereocenters. The first-order valence-corrected chi connectivity index (χ1v) is 10.5. The smallest absolute Gasteiger partial charge is 0.264 e. The summed E-state index contributed by atoms with van der Waals surface area (Å²) >= 11 is 0. The summed E-state index contributed by atoms with van der Waals surface area (Å²) in [6, 6.07) is 18.0. The average Bonchev–Trinajstić information content (AvgIpc) is 3.20. The van der Waals surface area contributed by atoms with Gasteiger partial charge in [-0.05, 0) is 43.9 Å². The Morgan fingerprint density at radius 1 is 1.17 bits per heavy atom. The summed E-state index contributed by atoms with van der Waals surface area (Å²) in [7, 11) is 0. The zero-order valence-corrected chi connectivity index (χ0v) is 17.1. The van der Waals surface area contributed by atoms with Gasteiger partial charge in [0.25, 0.3) is 5.89 Å². The fourth-order valence-corrected chi connectivity index (χ4v) is 4.24. The van der Waals surface area contributed by atoms with E-state index in [-0.39, 0.29) is 23.8 Å². The Kier molecular flexibility index (Phi) is 4.77. The predicted molar refractivity (Wildman–Crippen MR) is 111 cm³/mol. The quantitative estimate of drug-likeness (QED) is 0.622. The molecule has 1 aromatic heterocycles. The van der Waals surface area contributed by atoms with E-state index in [9.17, 15) is 4.79 Å². The highest BCUT2D eigenvalue weighted by molar-refractivity contribution is 5.91. The summed E-state index contributed by atoms with van der Waals surface area (Å²) in [5, 5.41) is 4.15. The van der Waals surface area contributed by atoms with Crippen LogP contribution in [0.3, 0.4) is 0 Å². The van der Waals surface area contributed by atoms with Crippen LogP contribution in [0.4, 0.5) is 0 Å². The van der Waals surface area contributed by atoms with Crippen molar-refractivity contribution in [1.82, 2.24) is 15.0 Å². The van der Waals surface area contributed by atoms with Crippen LogP contribution < -0.4 is 4.74 Å². The molecule has 2 fully saturated rings. The second-order valence-electron chi connectivity index (χ2n) is 8.33. The molecule has 5 rings (SSSR count). The highest BCUT2D eigenvalue weighted by atomic mass is 16.5. The van der Waals surface area contributed by atoms with E-state index < -0.39 is 0 Å². The fraction of sp³-hybridized carbons (Fsp3) is 0.375. The highest BCUT2D eigenvalue weighted by Crippen LogP contribution is 2.50. The molecule has 1 saturated carbocycles. The number of likely N-dealkylation sites (tertiary alicyclic amines) is 1. The van der Waals surface area contributed by atoms with E-state index >= 15 is 0 Å². The molecular weight excluding hydrogens is 378 g/mol. The lowest BCUT2D eigenvalue weighted by atomic mass is 9.94. The van der Waals surface area contributed by atoms with Gasteiger partial charge in [-0.25, -0.2) is 0 Å². The molecule has 1 saturated heterocycles. The third kappa shape index (κ3) is 3.58. The normalized spacial score (nSPS) is 19.6. The summed E-state index contributed by atoms with van der Waals surface area (Å²) in [6.07, 6.45) is 2.72. The van der Waals surface area contributed by atoms with Gasteiger partial charge in [-0.3, -0.25) is 4.79 Å². The van der Waals surface area contributed by atoms with E-state index in [2.05, 4.69) is 22.3 Å². The van der Waals surface area contributed by atoms with Gasteiger partial charge in [-0.1, -0.05) is 53.2 Å². The molecule has 30 heavy (non-hydrogen) atoms. The van der Waals surface area contributed by atoms with Crippen molar-refractivity contribution in [3.8, 4) is 5.75 Å². The van der Waals surface area contributed by atoms with Crippen molar-refractivity contribution < 1.29 is 14.1 Å². The Morgan fingerprint density at radius 2 is 1.93 bits per heavy atom. The Morgan fingerprint density at radius 3 is 2.67 bits per heavy atom. The molecule has 6 heteroatoms. The van der Waals surface area contributed by atoms with E-state index in [1.807, 2.05) is 54.3 Å². The van der Waals surface area contributed by atoms with Gasteiger partial charge in [0.2, 0.25) is 5.91 Å². The molecule has 0 spiro atoms. The fourth-order valence-electron chi connectivity index (χ4n) is 4.24. The number of rotatable bonds is 6. The lowest BCUT2D eigenvalue weighted by Gasteiger charge is -2.23. The van der Waals surface area contributed by atoms with Crippen LogP contribution >= 0.6 is 0 Å². The minimum Gasteiger partial charge on any atom is -0.484 e. The number of nitrogens with zero attached hydrogens (tertiary/aromatic N) is 3. The topological polar surface area (TPSA) is 68.5 Å². The molecule has 1 aliphatic carbocycles. The van der Waals surface area contributed by atoms with Crippen LogP contribution in [0.25, 0.3) is 0 Å². The molecule has 1 amide bonds. The van der Waals surface area contributed by atoms with Crippen molar-refractivity contribution in [2.45, 2.75) is 44.1 Å². The van der Waals surface area contributed by atoms with E-state index in [0.29, 0.717) is 18.3 Å². The average molecular weight is 403 g/mol. The molecule has 0 bridgehead atoms. The minimum atomic E-state index is -0.319. The van der Waals surface area contributed by atoms with Gasteiger partial charge >= 0.3 is 0 Å². The SMILES string of the molecule is Cc1ccc(OCc2nc(C3CCN(C(=O)C4(c5ccccc5)CC4)C3)no2)cc1. The lowest BCUT2D eigenvalue weighted by molar-refractivity contribution is -0.132. The largest absolute Gasteiger partial charge is 0.484 e. The first-order valence-electron chi connectivity index (χ1n) is 10.5. The predicted octanol–water partition coefficient (Wildman–Crippen LogP) is 4.00. The van der Waals surface area contributed by atoms with Crippen molar-refractivity contribution in [1.29, 1.82) is 0 Å². The number of ether oxygens (including phenoxy) is 1. The van der Waals surface area contributed by atoms with Gasteiger partial charge in [0, 0.05) is 19.0 Å². The highest BCUT2D eigenvalue weighted by Gasteiger charge is 2.53. The number of amides is 1. The minimum absolute atomic E-state index is 0.109. The molecule has 1 aliphatic heterocycles. The first-order chi connectivity index (χ1) is 14.6. The summed E-state index contributed by atoms with van der Waals surface area (Å²) in [5.74, 6) is 2.24. The summed E-state index contributed by atoms with van der Waals surface area (Å²) in [6.45, 7) is 3.66.